The van der Waals surface area contributed by atoms with Crippen LogP contribution in [0.5, 0.6) is 0 Å². The minimum Gasteiger partial charge on any atom is -0.315 e. The summed E-state index contributed by atoms with van der Waals surface area (Å²) < 4.78 is 26.6. The highest BCUT2D eigenvalue weighted by Crippen LogP contribution is 2.20. The lowest BCUT2D eigenvalue weighted by atomic mass is 10.2. The Kier molecular flexibility index (Phi) is 4.01. The van der Waals surface area contributed by atoms with Crippen molar-refractivity contribution in [3.05, 3.63) is 34.4 Å². The summed E-state index contributed by atoms with van der Waals surface area (Å²) in [6.45, 7) is 1.23. The highest BCUT2D eigenvalue weighted by molar-refractivity contribution is 7.93. The van der Waals surface area contributed by atoms with Crippen LogP contribution < -0.4 is 10.0 Å². The number of nitro benzene ring substituents is 1. The van der Waals surface area contributed by atoms with Gasteiger partial charge in [-0.05, 0) is 25.5 Å². The minimum absolute atomic E-state index is 0.137. The van der Waals surface area contributed by atoms with E-state index in [0.717, 1.165) is 13.0 Å². The summed E-state index contributed by atoms with van der Waals surface area (Å²) in [6.07, 6.45) is 1.40. The van der Waals surface area contributed by atoms with Gasteiger partial charge in [0.2, 0.25) is 10.0 Å². The largest absolute Gasteiger partial charge is 0.315 e. The fraction of sp³-hybridized carbons (Fsp3) is 0.455. The molecule has 1 aromatic carbocycles. The number of hydrogen-bond donors (Lipinski definition) is 2. The molecular weight excluding hydrogens is 270 g/mol. The summed E-state index contributed by atoms with van der Waals surface area (Å²) in [5, 5.41) is 13.2. The van der Waals surface area contributed by atoms with Crippen LogP contribution in [0.1, 0.15) is 12.8 Å². The van der Waals surface area contributed by atoms with Crippen molar-refractivity contribution in [2.75, 3.05) is 17.8 Å². The molecule has 1 aliphatic rings. The van der Waals surface area contributed by atoms with Gasteiger partial charge in [-0.3, -0.25) is 14.8 Å². The van der Waals surface area contributed by atoms with Gasteiger partial charge in [0.05, 0.1) is 15.9 Å². The Morgan fingerprint density at radius 2 is 2.21 bits per heavy atom. The van der Waals surface area contributed by atoms with Gasteiger partial charge in [-0.1, -0.05) is 6.07 Å². The Labute approximate surface area is 111 Å². The van der Waals surface area contributed by atoms with Crippen molar-refractivity contribution in [1.29, 1.82) is 0 Å². The monoisotopic (exact) mass is 285 g/mol. The van der Waals surface area contributed by atoms with E-state index in [4.69, 9.17) is 0 Å². The normalized spacial score (nSPS) is 19.9. The van der Waals surface area contributed by atoms with Crippen molar-refractivity contribution in [3.8, 4) is 0 Å². The molecule has 0 bridgehead atoms. The van der Waals surface area contributed by atoms with Crippen molar-refractivity contribution >= 4 is 21.4 Å². The van der Waals surface area contributed by atoms with Gasteiger partial charge in [-0.2, -0.15) is 0 Å². The van der Waals surface area contributed by atoms with Gasteiger partial charge < -0.3 is 5.32 Å². The maximum absolute atomic E-state index is 12.1. The van der Waals surface area contributed by atoms with Crippen LogP contribution in [0.2, 0.25) is 0 Å². The fourth-order valence-corrected chi connectivity index (χ4v) is 3.45. The van der Waals surface area contributed by atoms with Gasteiger partial charge in [0.15, 0.2) is 0 Å². The number of hydrogen-bond acceptors (Lipinski definition) is 5. The summed E-state index contributed by atoms with van der Waals surface area (Å²) in [5.41, 5.74) is 0.0849. The summed E-state index contributed by atoms with van der Waals surface area (Å²) in [7, 11) is -3.51. The number of rotatable bonds is 4. The van der Waals surface area contributed by atoms with Crippen molar-refractivity contribution < 1.29 is 13.3 Å². The molecule has 8 heteroatoms. The molecular formula is C11H15N3O4S. The van der Waals surface area contributed by atoms with Gasteiger partial charge in [-0.25, -0.2) is 8.42 Å². The first-order valence-corrected chi connectivity index (χ1v) is 7.50. The number of benzene rings is 1. The van der Waals surface area contributed by atoms with Crippen molar-refractivity contribution in [2.24, 2.45) is 0 Å². The molecule has 104 valence electrons. The molecule has 0 spiro atoms. The van der Waals surface area contributed by atoms with Crippen LogP contribution in [0.3, 0.4) is 0 Å². The molecule has 7 nitrogen and oxygen atoms in total. The molecule has 0 aliphatic carbocycles. The lowest BCUT2D eigenvalue weighted by Crippen LogP contribution is -2.41. The second kappa shape index (κ2) is 5.54. The Balaban J connectivity index is 2.15. The highest BCUT2D eigenvalue weighted by Gasteiger charge is 2.27. The molecule has 2 rings (SSSR count). The van der Waals surface area contributed by atoms with Crippen LogP contribution in [0, 0.1) is 10.1 Å². The molecule has 1 aliphatic heterocycles. The Hall–Kier alpha value is -1.67. The summed E-state index contributed by atoms with van der Waals surface area (Å²) in [5.74, 6) is 0. The second-order valence-electron chi connectivity index (χ2n) is 4.42. The molecule has 1 aromatic rings. The lowest BCUT2D eigenvalue weighted by molar-refractivity contribution is -0.384. The predicted octanol–water partition coefficient (Wildman–Crippen LogP) is 1.09. The molecule has 0 aromatic heterocycles. The van der Waals surface area contributed by atoms with Crippen LogP contribution >= 0.6 is 0 Å². The van der Waals surface area contributed by atoms with E-state index in [2.05, 4.69) is 10.0 Å². The van der Waals surface area contributed by atoms with E-state index in [1.807, 2.05) is 0 Å². The number of nitrogens with one attached hydrogen (secondary N) is 2. The van der Waals surface area contributed by atoms with Crippen LogP contribution in [0.25, 0.3) is 0 Å². The lowest BCUT2D eigenvalue weighted by Gasteiger charge is -2.23. The average molecular weight is 285 g/mol. The Morgan fingerprint density at radius 1 is 1.42 bits per heavy atom. The van der Waals surface area contributed by atoms with Gasteiger partial charge in [-0.15, -0.1) is 0 Å². The van der Waals surface area contributed by atoms with E-state index >= 15 is 0 Å². The first kappa shape index (κ1) is 13.8. The number of nitro groups is 1. The van der Waals surface area contributed by atoms with E-state index in [0.29, 0.717) is 13.0 Å². The molecule has 1 fully saturated rings. The standard InChI is InChI=1S/C11H15N3O4S/c15-14(16)10-4-1-3-9(7-10)13-19(17,18)11-5-2-6-12-8-11/h1,3-4,7,11-13H,2,5-6,8H2. The maximum atomic E-state index is 12.1. The van der Waals surface area contributed by atoms with E-state index in [1.165, 1.54) is 24.3 Å². The zero-order chi connectivity index (χ0) is 13.9. The Bertz CT molecular complexity index is 567. The number of piperidine rings is 1. The molecule has 1 unspecified atom stereocenters. The molecule has 0 amide bonds. The van der Waals surface area contributed by atoms with Gasteiger partial charge in [0.25, 0.3) is 5.69 Å². The zero-order valence-corrected chi connectivity index (χ0v) is 11.0. The van der Waals surface area contributed by atoms with Crippen LogP contribution in [0.15, 0.2) is 24.3 Å². The Morgan fingerprint density at radius 3 is 2.84 bits per heavy atom. The zero-order valence-electron chi connectivity index (χ0n) is 10.2. The molecule has 1 heterocycles. The van der Waals surface area contributed by atoms with E-state index < -0.39 is 20.2 Å². The van der Waals surface area contributed by atoms with E-state index in [-0.39, 0.29) is 11.4 Å². The molecule has 0 saturated carbocycles. The highest BCUT2D eigenvalue weighted by atomic mass is 32.2. The van der Waals surface area contributed by atoms with Gasteiger partial charge in [0, 0.05) is 18.7 Å². The van der Waals surface area contributed by atoms with E-state index in [9.17, 15) is 18.5 Å². The van der Waals surface area contributed by atoms with Gasteiger partial charge in [0.1, 0.15) is 0 Å². The third kappa shape index (κ3) is 3.42. The van der Waals surface area contributed by atoms with Crippen molar-refractivity contribution in [3.63, 3.8) is 0 Å². The summed E-state index contributed by atoms with van der Waals surface area (Å²) >= 11 is 0. The molecule has 2 N–H and O–H groups in total. The SMILES string of the molecule is O=[N+]([O-])c1cccc(NS(=O)(=O)C2CCCNC2)c1. The molecule has 1 atom stereocenters. The van der Waals surface area contributed by atoms with Crippen molar-refractivity contribution in [1.82, 2.24) is 5.32 Å². The fourth-order valence-electron chi connectivity index (χ4n) is 2.02. The third-order valence-electron chi connectivity index (χ3n) is 3.01. The molecule has 19 heavy (non-hydrogen) atoms. The smallest absolute Gasteiger partial charge is 0.271 e. The van der Waals surface area contributed by atoms with E-state index in [1.54, 1.807) is 0 Å². The quantitative estimate of drug-likeness (QED) is 0.637. The molecule has 1 saturated heterocycles. The second-order valence-corrected chi connectivity index (χ2v) is 6.38. The van der Waals surface area contributed by atoms with Crippen molar-refractivity contribution in [2.45, 2.75) is 18.1 Å². The number of anilines is 1. The van der Waals surface area contributed by atoms with Crippen LogP contribution in [0.4, 0.5) is 11.4 Å². The number of non-ortho nitro benzene ring substituents is 1. The topological polar surface area (TPSA) is 101 Å². The molecule has 0 radical (unpaired) electrons. The first-order chi connectivity index (χ1) is 8.99. The van der Waals surface area contributed by atoms with Crippen LogP contribution in [-0.2, 0) is 10.0 Å². The number of sulfonamides is 1. The maximum Gasteiger partial charge on any atom is 0.271 e. The summed E-state index contributed by atoms with van der Waals surface area (Å²) in [6, 6.07) is 5.49. The van der Waals surface area contributed by atoms with Crippen LogP contribution in [-0.4, -0.2) is 31.7 Å². The first-order valence-electron chi connectivity index (χ1n) is 5.96. The third-order valence-corrected chi connectivity index (χ3v) is 4.81. The predicted molar refractivity (Wildman–Crippen MR) is 71.5 cm³/mol. The average Bonchev–Trinajstić information content (AvgIpc) is 2.39. The minimum atomic E-state index is -3.51. The van der Waals surface area contributed by atoms with Gasteiger partial charge >= 0.3 is 0 Å². The number of nitrogens with zero attached hydrogens (tertiary/aromatic N) is 1. The summed E-state index contributed by atoms with van der Waals surface area (Å²) in [4.78, 5) is 10.1.